The molecule has 4 heteroatoms. The van der Waals surface area contributed by atoms with Gasteiger partial charge in [-0.25, -0.2) is 0 Å². The summed E-state index contributed by atoms with van der Waals surface area (Å²) in [6.07, 6.45) is 5.87. The second-order valence-corrected chi connectivity index (χ2v) is 6.81. The summed E-state index contributed by atoms with van der Waals surface area (Å²) in [5.41, 5.74) is 1.62. The van der Waals surface area contributed by atoms with E-state index in [1.807, 2.05) is 37.3 Å². The normalized spacial score (nSPS) is 15.7. The Labute approximate surface area is 139 Å². The van der Waals surface area contributed by atoms with Gasteiger partial charge in [0.2, 0.25) is 0 Å². The van der Waals surface area contributed by atoms with Gasteiger partial charge >= 0.3 is 0 Å². The first-order valence-corrected chi connectivity index (χ1v) is 8.60. The molecule has 0 radical (unpaired) electrons. The Balaban J connectivity index is 1.76. The molecule has 1 saturated carbocycles. The molecule has 0 aliphatic heterocycles. The maximum atomic E-state index is 12.5. The first-order chi connectivity index (χ1) is 10.6. The lowest BCUT2D eigenvalue weighted by molar-refractivity contribution is 0.0926. The van der Waals surface area contributed by atoms with Gasteiger partial charge in [0.1, 0.15) is 11.5 Å². The van der Waals surface area contributed by atoms with Gasteiger partial charge in [0.05, 0.1) is 5.56 Å². The number of nitrogens with one attached hydrogen (secondary N) is 1. The van der Waals surface area contributed by atoms with Crippen LogP contribution in [-0.4, -0.2) is 11.9 Å². The van der Waals surface area contributed by atoms with E-state index in [1.165, 1.54) is 19.3 Å². The van der Waals surface area contributed by atoms with Crippen LogP contribution in [0.3, 0.4) is 0 Å². The summed E-state index contributed by atoms with van der Waals surface area (Å²) in [6.45, 7) is 1.85. The Morgan fingerprint density at radius 2 is 1.86 bits per heavy atom. The number of aryl methyl sites for hydroxylation is 1. The van der Waals surface area contributed by atoms with Crippen molar-refractivity contribution < 1.29 is 9.21 Å². The molecule has 1 aromatic heterocycles. The van der Waals surface area contributed by atoms with Crippen LogP contribution in [0.5, 0.6) is 0 Å². The van der Waals surface area contributed by atoms with E-state index in [9.17, 15) is 4.79 Å². The van der Waals surface area contributed by atoms with Gasteiger partial charge in [0.25, 0.3) is 5.91 Å². The van der Waals surface area contributed by atoms with Gasteiger partial charge in [-0.3, -0.25) is 4.79 Å². The minimum Gasteiger partial charge on any atom is -0.461 e. The number of carbonyl (C=O) groups excluding carboxylic acids is 1. The molecule has 0 atom stereocenters. The summed E-state index contributed by atoms with van der Waals surface area (Å²) >= 11 is 3.42. The number of carbonyl (C=O) groups is 1. The van der Waals surface area contributed by atoms with E-state index in [4.69, 9.17) is 4.42 Å². The predicted octanol–water partition coefficient (Wildman–Crippen LogP) is 5.08. The maximum absolute atomic E-state index is 12.5. The molecule has 1 heterocycles. The molecule has 3 nitrogen and oxygen atoms in total. The van der Waals surface area contributed by atoms with Crippen LogP contribution in [0.4, 0.5) is 0 Å². The number of hydrogen-bond donors (Lipinski definition) is 1. The third-order valence-electron chi connectivity index (χ3n) is 4.23. The van der Waals surface area contributed by atoms with Crippen LogP contribution >= 0.6 is 15.9 Å². The zero-order valence-corrected chi connectivity index (χ0v) is 14.3. The van der Waals surface area contributed by atoms with E-state index < -0.39 is 0 Å². The van der Waals surface area contributed by atoms with Crippen LogP contribution in [0.15, 0.2) is 39.2 Å². The number of amides is 1. The largest absolute Gasteiger partial charge is 0.461 e. The first kappa shape index (κ1) is 15.3. The second kappa shape index (κ2) is 6.69. The van der Waals surface area contributed by atoms with Crippen molar-refractivity contribution in [1.29, 1.82) is 0 Å². The summed E-state index contributed by atoms with van der Waals surface area (Å²) in [6, 6.07) is 10.0. The van der Waals surface area contributed by atoms with E-state index in [-0.39, 0.29) is 5.91 Å². The van der Waals surface area contributed by atoms with Crippen molar-refractivity contribution in [3.8, 4) is 11.3 Å². The van der Waals surface area contributed by atoms with Crippen molar-refractivity contribution in [3.05, 3.63) is 46.1 Å². The van der Waals surface area contributed by atoms with Crippen LogP contribution in [0.25, 0.3) is 11.3 Å². The highest BCUT2D eigenvalue weighted by Crippen LogP contribution is 2.27. The first-order valence-electron chi connectivity index (χ1n) is 7.81. The highest BCUT2D eigenvalue weighted by Gasteiger charge is 2.20. The average molecular weight is 362 g/mol. The van der Waals surface area contributed by atoms with Crippen molar-refractivity contribution in [3.63, 3.8) is 0 Å². The monoisotopic (exact) mass is 361 g/mol. The maximum Gasteiger partial charge on any atom is 0.255 e. The van der Waals surface area contributed by atoms with E-state index in [1.54, 1.807) is 0 Å². The number of rotatable bonds is 3. The molecule has 1 amide bonds. The Kier molecular flexibility index (Phi) is 4.67. The number of furan rings is 1. The third kappa shape index (κ3) is 3.43. The van der Waals surface area contributed by atoms with Crippen LogP contribution in [0.2, 0.25) is 0 Å². The molecule has 1 aromatic carbocycles. The van der Waals surface area contributed by atoms with Crippen molar-refractivity contribution in [2.75, 3.05) is 0 Å². The predicted molar refractivity (Wildman–Crippen MR) is 90.9 cm³/mol. The van der Waals surface area contributed by atoms with Crippen LogP contribution in [0, 0.1) is 6.92 Å². The van der Waals surface area contributed by atoms with Gasteiger partial charge in [-0.05, 0) is 38.0 Å². The lowest BCUT2D eigenvalue weighted by Gasteiger charge is -2.22. The standard InChI is InChI=1S/C18H20BrNO2/c1-12-16(18(21)20-15-5-3-2-4-6-15)11-17(22-12)13-7-9-14(19)10-8-13/h7-11,15H,2-6H2,1H3,(H,20,21). The second-order valence-electron chi connectivity index (χ2n) is 5.90. The Morgan fingerprint density at radius 3 is 2.55 bits per heavy atom. The van der Waals surface area contributed by atoms with Crippen molar-refractivity contribution in [1.82, 2.24) is 5.32 Å². The lowest BCUT2D eigenvalue weighted by atomic mass is 9.95. The molecule has 1 fully saturated rings. The fourth-order valence-corrected chi connectivity index (χ4v) is 3.24. The van der Waals surface area contributed by atoms with Gasteiger partial charge in [-0.2, -0.15) is 0 Å². The summed E-state index contributed by atoms with van der Waals surface area (Å²) in [5, 5.41) is 3.14. The minimum atomic E-state index is -0.0171. The van der Waals surface area contributed by atoms with E-state index in [0.717, 1.165) is 28.6 Å². The fraction of sp³-hybridized carbons (Fsp3) is 0.389. The summed E-state index contributed by atoms with van der Waals surface area (Å²) < 4.78 is 6.80. The number of halogens is 1. The summed E-state index contributed by atoms with van der Waals surface area (Å²) in [7, 11) is 0. The number of benzene rings is 1. The van der Waals surface area contributed by atoms with Crippen molar-refractivity contribution >= 4 is 21.8 Å². The van der Waals surface area contributed by atoms with Crippen LogP contribution in [-0.2, 0) is 0 Å². The van der Waals surface area contributed by atoms with Gasteiger partial charge < -0.3 is 9.73 Å². The molecule has 1 N–H and O–H groups in total. The molecule has 1 aliphatic rings. The van der Waals surface area contributed by atoms with Crippen molar-refractivity contribution in [2.45, 2.75) is 45.1 Å². The van der Waals surface area contributed by atoms with Gasteiger partial charge in [-0.15, -0.1) is 0 Å². The number of hydrogen-bond acceptors (Lipinski definition) is 2. The molecule has 22 heavy (non-hydrogen) atoms. The summed E-state index contributed by atoms with van der Waals surface area (Å²) in [4.78, 5) is 12.5. The molecule has 0 unspecified atom stereocenters. The molecule has 1 aliphatic carbocycles. The molecule has 116 valence electrons. The molecule has 2 aromatic rings. The Morgan fingerprint density at radius 1 is 1.18 bits per heavy atom. The fourth-order valence-electron chi connectivity index (χ4n) is 2.97. The Hall–Kier alpha value is -1.55. The SMILES string of the molecule is Cc1oc(-c2ccc(Br)cc2)cc1C(=O)NC1CCCCC1. The molecule has 0 spiro atoms. The smallest absolute Gasteiger partial charge is 0.255 e. The third-order valence-corrected chi connectivity index (χ3v) is 4.76. The highest BCUT2D eigenvalue weighted by atomic mass is 79.9. The summed E-state index contributed by atoms with van der Waals surface area (Å²) in [5.74, 6) is 1.39. The van der Waals surface area contributed by atoms with E-state index in [2.05, 4.69) is 21.2 Å². The van der Waals surface area contributed by atoms with Gasteiger partial charge in [-0.1, -0.05) is 47.3 Å². The molecule has 0 bridgehead atoms. The van der Waals surface area contributed by atoms with E-state index in [0.29, 0.717) is 17.4 Å². The Bertz CT molecular complexity index is 654. The minimum absolute atomic E-state index is 0.0171. The zero-order chi connectivity index (χ0) is 15.5. The zero-order valence-electron chi connectivity index (χ0n) is 12.7. The van der Waals surface area contributed by atoms with Crippen molar-refractivity contribution in [2.24, 2.45) is 0 Å². The highest BCUT2D eigenvalue weighted by molar-refractivity contribution is 9.10. The molecular formula is C18H20BrNO2. The topological polar surface area (TPSA) is 42.2 Å². The molecule has 0 saturated heterocycles. The lowest BCUT2D eigenvalue weighted by Crippen LogP contribution is -2.36. The molecular weight excluding hydrogens is 342 g/mol. The van der Waals surface area contributed by atoms with E-state index >= 15 is 0 Å². The van der Waals surface area contributed by atoms with Gasteiger partial charge in [0.15, 0.2) is 0 Å². The van der Waals surface area contributed by atoms with Gasteiger partial charge in [0, 0.05) is 16.1 Å². The van der Waals surface area contributed by atoms with Crippen LogP contribution < -0.4 is 5.32 Å². The molecule has 3 rings (SSSR count). The quantitative estimate of drug-likeness (QED) is 0.827. The average Bonchev–Trinajstić information content (AvgIpc) is 2.91. The van der Waals surface area contributed by atoms with Crippen LogP contribution in [0.1, 0.15) is 48.2 Å².